The average molecular weight is 268 g/mol. The predicted octanol–water partition coefficient (Wildman–Crippen LogP) is 2.99. The molecule has 4 nitrogen and oxygen atoms in total. The van der Waals surface area contributed by atoms with E-state index in [0.29, 0.717) is 23.4 Å². The van der Waals surface area contributed by atoms with Crippen LogP contribution in [-0.2, 0) is 0 Å². The maximum atomic E-state index is 13.5. The van der Waals surface area contributed by atoms with Crippen molar-refractivity contribution >= 4 is 17.5 Å². The summed E-state index contributed by atoms with van der Waals surface area (Å²) in [6, 6.07) is 1.22. The quantitative estimate of drug-likeness (QED) is 0.840. The zero-order valence-electron chi connectivity index (χ0n) is 10.3. The molecule has 0 fully saturated rings. The van der Waals surface area contributed by atoms with Gasteiger partial charge in [-0.25, -0.2) is 18.2 Å². The van der Waals surface area contributed by atoms with E-state index >= 15 is 0 Å². The average Bonchev–Trinajstić information content (AvgIpc) is 2.38. The largest absolute Gasteiger partial charge is 0.357 e. The third-order valence-corrected chi connectivity index (χ3v) is 2.46. The Morgan fingerprint density at radius 1 is 1.05 bits per heavy atom. The molecule has 0 amide bonds. The number of nitrogens with one attached hydrogen (secondary N) is 2. The molecule has 2 rings (SSSR count). The number of hydrogen-bond donors (Lipinski definition) is 2. The Bertz CT molecular complexity index is 616. The summed E-state index contributed by atoms with van der Waals surface area (Å²) in [5.41, 5.74) is 0.450. The zero-order chi connectivity index (χ0) is 14.0. The van der Waals surface area contributed by atoms with Crippen molar-refractivity contribution in [2.24, 2.45) is 0 Å². The summed E-state index contributed by atoms with van der Waals surface area (Å²) >= 11 is 0. The number of halogens is 3. The van der Waals surface area contributed by atoms with E-state index in [1.54, 1.807) is 14.0 Å². The summed E-state index contributed by atoms with van der Waals surface area (Å²) in [4.78, 5) is 8.03. The van der Waals surface area contributed by atoms with Crippen molar-refractivity contribution in [3.8, 4) is 0 Å². The Hall–Kier alpha value is -2.31. The first-order valence-corrected chi connectivity index (χ1v) is 5.44. The second-order valence-corrected chi connectivity index (χ2v) is 3.85. The van der Waals surface area contributed by atoms with Crippen LogP contribution in [0, 0.1) is 24.4 Å². The maximum Gasteiger partial charge on any atom is 0.224 e. The number of rotatable bonds is 3. The Morgan fingerprint density at radius 3 is 2.42 bits per heavy atom. The monoisotopic (exact) mass is 268 g/mol. The standard InChI is InChI=1S/C12H11F3N4/c1-6-5-17-12(16-2)19-11(6)18-10-4-8(14)7(13)3-9(10)15/h3-5H,1-2H3,(H2,16,17,18,19). The van der Waals surface area contributed by atoms with Gasteiger partial charge in [0.25, 0.3) is 0 Å². The van der Waals surface area contributed by atoms with Crippen molar-refractivity contribution in [3.05, 3.63) is 41.3 Å². The van der Waals surface area contributed by atoms with Gasteiger partial charge in [0.2, 0.25) is 5.95 Å². The fourth-order valence-electron chi connectivity index (χ4n) is 1.43. The van der Waals surface area contributed by atoms with E-state index in [2.05, 4.69) is 20.6 Å². The van der Waals surface area contributed by atoms with Crippen LogP contribution in [0.5, 0.6) is 0 Å². The number of aromatic nitrogens is 2. The van der Waals surface area contributed by atoms with Gasteiger partial charge >= 0.3 is 0 Å². The minimum Gasteiger partial charge on any atom is -0.357 e. The molecule has 0 saturated heterocycles. The Kier molecular flexibility index (Phi) is 3.55. The smallest absolute Gasteiger partial charge is 0.224 e. The van der Waals surface area contributed by atoms with Crippen molar-refractivity contribution < 1.29 is 13.2 Å². The SMILES string of the molecule is CNc1ncc(C)c(Nc2cc(F)c(F)cc2F)n1. The highest BCUT2D eigenvalue weighted by Crippen LogP contribution is 2.23. The first kappa shape index (κ1) is 13.1. The third kappa shape index (κ3) is 2.75. The van der Waals surface area contributed by atoms with Crippen molar-refractivity contribution in [2.45, 2.75) is 6.92 Å². The number of aryl methyl sites for hydroxylation is 1. The fraction of sp³-hybridized carbons (Fsp3) is 0.167. The molecule has 0 unspecified atom stereocenters. The Balaban J connectivity index is 2.38. The predicted molar refractivity (Wildman–Crippen MR) is 65.9 cm³/mol. The van der Waals surface area contributed by atoms with Gasteiger partial charge in [-0.2, -0.15) is 4.98 Å². The minimum absolute atomic E-state index is 0.192. The second-order valence-electron chi connectivity index (χ2n) is 3.85. The molecule has 2 aromatic rings. The summed E-state index contributed by atoms with van der Waals surface area (Å²) in [7, 11) is 1.63. The lowest BCUT2D eigenvalue weighted by atomic mass is 10.2. The molecule has 100 valence electrons. The molecule has 0 bridgehead atoms. The first-order chi connectivity index (χ1) is 9.01. The van der Waals surface area contributed by atoms with Gasteiger partial charge in [0, 0.05) is 30.9 Å². The van der Waals surface area contributed by atoms with Gasteiger partial charge in [0.05, 0.1) is 5.69 Å². The lowest BCUT2D eigenvalue weighted by molar-refractivity contribution is 0.496. The molecule has 7 heteroatoms. The van der Waals surface area contributed by atoms with E-state index in [0.717, 1.165) is 6.07 Å². The van der Waals surface area contributed by atoms with E-state index in [4.69, 9.17) is 0 Å². The van der Waals surface area contributed by atoms with Crippen LogP contribution in [-0.4, -0.2) is 17.0 Å². The van der Waals surface area contributed by atoms with Crippen LogP contribution < -0.4 is 10.6 Å². The Morgan fingerprint density at radius 2 is 1.74 bits per heavy atom. The van der Waals surface area contributed by atoms with Crippen LogP contribution in [0.2, 0.25) is 0 Å². The number of anilines is 3. The highest BCUT2D eigenvalue weighted by atomic mass is 19.2. The van der Waals surface area contributed by atoms with Crippen molar-refractivity contribution in [2.75, 3.05) is 17.7 Å². The molecular weight excluding hydrogens is 257 g/mol. The number of benzene rings is 1. The summed E-state index contributed by atoms with van der Waals surface area (Å²) in [5, 5.41) is 5.34. The van der Waals surface area contributed by atoms with Crippen LogP contribution in [0.15, 0.2) is 18.3 Å². The molecule has 19 heavy (non-hydrogen) atoms. The van der Waals surface area contributed by atoms with Crippen LogP contribution in [0.1, 0.15) is 5.56 Å². The zero-order valence-corrected chi connectivity index (χ0v) is 10.3. The van der Waals surface area contributed by atoms with Gasteiger partial charge in [0.1, 0.15) is 11.6 Å². The molecule has 0 saturated carbocycles. The maximum absolute atomic E-state index is 13.5. The van der Waals surface area contributed by atoms with Gasteiger partial charge in [-0.05, 0) is 6.92 Å². The van der Waals surface area contributed by atoms with Crippen LogP contribution in [0.4, 0.5) is 30.6 Å². The summed E-state index contributed by atoms with van der Waals surface area (Å²) in [6.45, 7) is 1.71. The van der Waals surface area contributed by atoms with Gasteiger partial charge in [0.15, 0.2) is 11.6 Å². The summed E-state index contributed by atoms with van der Waals surface area (Å²) in [5.74, 6) is -2.63. The molecule has 0 aliphatic carbocycles. The molecule has 1 aromatic heterocycles. The molecule has 0 radical (unpaired) electrons. The van der Waals surface area contributed by atoms with Crippen LogP contribution >= 0.6 is 0 Å². The fourth-order valence-corrected chi connectivity index (χ4v) is 1.43. The number of hydrogen-bond acceptors (Lipinski definition) is 4. The van der Waals surface area contributed by atoms with E-state index < -0.39 is 17.5 Å². The highest BCUT2D eigenvalue weighted by molar-refractivity contribution is 5.60. The van der Waals surface area contributed by atoms with E-state index in [-0.39, 0.29) is 5.69 Å². The summed E-state index contributed by atoms with van der Waals surface area (Å²) < 4.78 is 39.4. The Labute approximate surface area is 107 Å². The molecule has 1 aromatic carbocycles. The molecule has 0 spiro atoms. The molecule has 2 N–H and O–H groups in total. The second kappa shape index (κ2) is 5.13. The van der Waals surface area contributed by atoms with E-state index in [9.17, 15) is 13.2 Å². The molecule has 1 heterocycles. The number of nitrogens with zero attached hydrogens (tertiary/aromatic N) is 2. The molecular formula is C12H11F3N4. The van der Waals surface area contributed by atoms with Gasteiger partial charge in [-0.3, -0.25) is 0 Å². The lowest BCUT2D eigenvalue weighted by Gasteiger charge is -2.10. The normalized spacial score (nSPS) is 10.4. The van der Waals surface area contributed by atoms with Gasteiger partial charge in [-0.15, -0.1) is 0 Å². The topological polar surface area (TPSA) is 49.8 Å². The minimum atomic E-state index is -1.24. The molecule has 0 aliphatic rings. The van der Waals surface area contributed by atoms with Crippen molar-refractivity contribution in [3.63, 3.8) is 0 Å². The van der Waals surface area contributed by atoms with E-state index in [1.165, 1.54) is 6.20 Å². The first-order valence-electron chi connectivity index (χ1n) is 5.44. The van der Waals surface area contributed by atoms with Gasteiger partial charge < -0.3 is 10.6 Å². The summed E-state index contributed by atoms with van der Waals surface area (Å²) in [6.07, 6.45) is 1.53. The molecule has 0 atom stereocenters. The van der Waals surface area contributed by atoms with Gasteiger partial charge in [-0.1, -0.05) is 0 Å². The highest BCUT2D eigenvalue weighted by Gasteiger charge is 2.12. The van der Waals surface area contributed by atoms with Crippen molar-refractivity contribution in [1.29, 1.82) is 0 Å². The molecule has 0 aliphatic heterocycles. The third-order valence-electron chi connectivity index (χ3n) is 2.46. The van der Waals surface area contributed by atoms with E-state index in [1.807, 2.05) is 0 Å². The lowest BCUT2D eigenvalue weighted by Crippen LogP contribution is -2.04. The van der Waals surface area contributed by atoms with Crippen LogP contribution in [0.3, 0.4) is 0 Å². The van der Waals surface area contributed by atoms with Crippen LogP contribution in [0.25, 0.3) is 0 Å². The van der Waals surface area contributed by atoms with Crippen molar-refractivity contribution in [1.82, 2.24) is 9.97 Å².